The normalized spacial score (nSPS) is 13.9. The molecule has 3 N–H and O–H groups in total. The third kappa shape index (κ3) is 7.11. The van der Waals surface area contributed by atoms with Crippen LogP contribution in [0.4, 0.5) is 0 Å². The van der Waals surface area contributed by atoms with Gasteiger partial charge in [0.1, 0.15) is 17.4 Å². The first-order valence-electron chi connectivity index (χ1n) is 8.25. The molecule has 144 valence electrons. The third-order valence-corrected chi connectivity index (χ3v) is 4.96. The molecule has 0 aliphatic heterocycles. The fraction of sp³-hybridized carbons (Fsp3) is 0.444. The Hall–Kier alpha value is -1.34. The van der Waals surface area contributed by atoms with Gasteiger partial charge in [-0.2, -0.15) is 0 Å². The zero-order valence-corrected chi connectivity index (χ0v) is 17.1. The summed E-state index contributed by atoms with van der Waals surface area (Å²) >= 11 is 1.51. The molecule has 0 radical (unpaired) electrons. The Morgan fingerprint density at radius 2 is 2.04 bits per heavy atom. The molecule has 2 aromatic rings. The van der Waals surface area contributed by atoms with E-state index in [0.29, 0.717) is 25.5 Å². The van der Waals surface area contributed by atoms with Crippen LogP contribution in [-0.2, 0) is 17.8 Å². The van der Waals surface area contributed by atoms with E-state index in [4.69, 9.17) is 10.5 Å². The van der Waals surface area contributed by atoms with E-state index >= 15 is 0 Å². The van der Waals surface area contributed by atoms with Gasteiger partial charge in [-0.15, -0.1) is 36.2 Å². The molecule has 1 aromatic carbocycles. The van der Waals surface area contributed by atoms with Gasteiger partial charge in [-0.05, 0) is 37.8 Å². The summed E-state index contributed by atoms with van der Waals surface area (Å²) in [6.45, 7) is 3.01. The van der Waals surface area contributed by atoms with Gasteiger partial charge in [0, 0.05) is 18.0 Å². The number of aromatic nitrogens is 1. The quantitative estimate of drug-likeness (QED) is 0.690. The molecule has 1 unspecified atom stereocenters. The third-order valence-electron chi connectivity index (χ3n) is 4.09. The lowest BCUT2D eigenvalue weighted by molar-refractivity contribution is -0.120. The Morgan fingerprint density at radius 1 is 1.35 bits per heavy atom. The topological polar surface area (TPSA) is 77.2 Å². The van der Waals surface area contributed by atoms with Crippen molar-refractivity contribution in [3.8, 4) is 5.75 Å². The maximum absolute atomic E-state index is 11.9. The monoisotopic (exact) mass is 417 g/mol. The SMILES string of the molecule is Cc1ccc(OCc2nc(CC(=O)NCC(N)C3CC3)cs2)cc1.Cl.Cl. The average Bonchev–Trinajstić information content (AvgIpc) is 3.33. The summed E-state index contributed by atoms with van der Waals surface area (Å²) in [7, 11) is 0. The van der Waals surface area contributed by atoms with E-state index in [1.165, 1.54) is 29.7 Å². The number of nitrogens with one attached hydrogen (secondary N) is 1. The number of halogens is 2. The van der Waals surface area contributed by atoms with Crippen LogP contribution in [0.15, 0.2) is 29.6 Å². The molecule has 1 amide bonds. The second-order valence-electron chi connectivity index (χ2n) is 6.32. The summed E-state index contributed by atoms with van der Waals surface area (Å²) < 4.78 is 5.71. The maximum atomic E-state index is 11.9. The van der Waals surface area contributed by atoms with Gasteiger partial charge >= 0.3 is 0 Å². The van der Waals surface area contributed by atoms with E-state index in [2.05, 4.69) is 10.3 Å². The zero-order chi connectivity index (χ0) is 16.9. The highest BCUT2D eigenvalue weighted by Crippen LogP contribution is 2.31. The predicted octanol–water partition coefficient (Wildman–Crippen LogP) is 3.27. The molecule has 0 spiro atoms. The number of nitrogens with two attached hydrogens (primary N) is 1. The van der Waals surface area contributed by atoms with E-state index in [0.717, 1.165) is 16.5 Å². The molecule has 1 saturated carbocycles. The molecule has 1 aliphatic carbocycles. The summed E-state index contributed by atoms with van der Waals surface area (Å²) in [5.74, 6) is 1.39. The summed E-state index contributed by atoms with van der Waals surface area (Å²) in [6, 6.07) is 8.00. The predicted molar refractivity (Wildman–Crippen MR) is 110 cm³/mol. The van der Waals surface area contributed by atoms with E-state index < -0.39 is 0 Å². The van der Waals surface area contributed by atoms with Crippen LogP contribution in [0.5, 0.6) is 5.75 Å². The van der Waals surface area contributed by atoms with Crippen LogP contribution in [0.25, 0.3) is 0 Å². The molecule has 1 heterocycles. The highest BCUT2D eigenvalue weighted by molar-refractivity contribution is 7.09. The number of nitrogens with zero attached hydrogens (tertiary/aromatic N) is 1. The lowest BCUT2D eigenvalue weighted by Gasteiger charge is -2.10. The van der Waals surface area contributed by atoms with Gasteiger partial charge in [-0.25, -0.2) is 4.98 Å². The van der Waals surface area contributed by atoms with Crippen molar-refractivity contribution in [2.45, 2.75) is 38.8 Å². The Labute approximate surface area is 170 Å². The summed E-state index contributed by atoms with van der Waals surface area (Å²) in [5.41, 5.74) is 7.96. The van der Waals surface area contributed by atoms with Gasteiger partial charge in [0.2, 0.25) is 5.91 Å². The number of benzene rings is 1. The Morgan fingerprint density at radius 3 is 2.69 bits per heavy atom. The van der Waals surface area contributed by atoms with Crippen molar-refractivity contribution >= 4 is 42.1 Å². The summed E-state index contributed by atoms with van der Waals surface area (Å²) in [5, 5.41) is 5.67. The molecule has 26 heavy (non-hydrogen) atoms. The standard InChI is InChI=1S/C18H23N3O2S.2ClH/c1-12-2-6-15(7-3-12)23-10-18-21-14(11-24-18)8-17(22)20-9-16(19)13-4-5-13;;/h2-3,6-7,11,13,16H,4-5,8-10,19H2,1H3,(H,20,22);2*1H. The minimum Gasteiger partial charge on any atom is -0.486 e. The van der Waals surface area contributed by atoms with Gasteiger partial charge in [0.15, 0.2) is 0 Å². The van der Waals surface area contributed by atoms with Crippen LogP contribution in [0.3, 0.4) is 0 Å². The van der Waals surface area contributed by atoms with Crippen molar-refractivity contribution in [2.75, 3.05) is 6.54 Å². The molecule has 8 heteroatoms. The number of amides is 1. The number of thiazole rings is 1. The van der Waals surface area contributed by atoms with Crippen LogP contribution in [0.1, 0.15) is 29.1 Å². The molecular weight excluding hydrogens is 393 g/mol. The Bertz CT molecular complexity index is 690. The lowest BCUT2D eigenvalue weighted by atomic mass is 10.2. The lowest BCUT2D eigenvalue weighted by Crippen LogP contribution is -2.39. The highest BCUT2D eigenvalue weighted by atomic mass is 35.5. The van der Waals surface area contributed by atoms with E-state index in [9.17, 15) is 4.79 Å². The fourth-order valence-electron chi connectivity index (χ4n) is 2.43. The number of rotatable bonds is 8. The van der Waals surface area contributed by atoms with Gasteiger partial charge in [-0.3, -0.25) is 4.79 Å². The van der Waals surface area contributed by atoms with Gasteiger partial charge in [0.25, 0.3) is 0 Å². The second kappa shape index (κ2) is 10.7. The first kappa shape index (κ1) is 22.7. The van der Waals surface area contributed by atoms with Crippen molar-refractivity contribution in [1.29, 1.82) is 0 Å². The molecule has 1 fully saturated rings. The zero-order valence-electron chi connectivity index (χ0n) is 14.6. The van der Waals surface area contributed by atoms with Crippen molar-refractivity contribution < 1.29 is 9.53 Å². The van der Waals surface area contributed by atoms with Crippen LogP contribution in [0.2, 0.25) is 0 Å². The van der Waals surface area contributed by atoms with Crippen molar-refractivity contribution in [3.05, 3.63) is 45.9 Å². The number of carbonyl (C=O) groups excluding carboxylic acids is 1. The van der Waals surface area contributed by atoms with E-state index in [1.807, 2.05) is 36.6 Å². The van der Waals surface area contributed by atoms with Gasteiger partial charge < -0.3 is 15.8 Å². The number of hydrogen-bond donors (Lipinski definition) is 2. The average molecular weight is 418 g/mol. The maximum Gasteiger partial charge on any atom is 0.226 e. The number of hydrogen-bond acceptors (Lipinski definition) is 5. The minimum absolute atomic E-state index is 0. The highest BCUT2D eigenvalue weighted by Gasteiger charge is 2.28. The van der Waals surface area contributed by atoms with Crippen LogP contribution in [0, 0.1) is 12.8 Å². The van der Waals surface area contributed by atoms with Crippen LogP contribution < -0.4 is 15.8 Å². The number of aryl methyl sites for hydroxylation is 1. The fourth-order valence-corrected chi connectivity index (χ4v) is 3.13. The Kier molecular flexibility index (Phi) is 9.36. The molecule has 1 aromatic heterocycles. The van der Waals surface area contributed by atoms with E-state index in [-0.39, 0.29) is 36.8 Å². The Balaban J connectivity index is 0.00000169. The minimum atomic E-state index is -0.0256. The summed E-state index contributed by atoms with van der Waals surface area (Å²) in [6.07, 6.45) is 2.67. The van der Waals surface area contributed by atoms with Crippen LogP contribution in [-0.4, -0.2) is 23.5 Å². The van der Waals surface area contributed by atoms with Gasteiger partial charge in [-0.1, -0.05) is 17.7 Å². The van der Waals surface area contributed by atoms with Crippen molar-refractivity contribution in [1.82, 2.24) is 10.3 Å². The van der Waals surface area contributed by atoms with E-state index in [1.54, 1.807) is 0 Å². The van der Waals surface area contributed by atoms with Gasteiger partial charge in [0.05, 0.1) is 12.1 Å². The molecular formula is C18H25Cl2N3O2S. The molecule has 1 aliphatic rings. The largest absolute Gasteiger partial charge is 0.486 e. The van der Waals surface area contributed by atoms with Crippen LogP contribution >= 0.6 is 36.2 Å². The molecule has 5 nitrogen and oxygen atoms in total. The first-order valence-corrected chi connectivity index (χ1v) is 9.13. The number of carbonyl (C=O) groups is 1. The molecule has 0 saturated heterocycles. The summed E-state index contributed by atoms with van der Waals surface area (Å²) in [4.78, 5) is 16.4. The van der Waals surface area contributed by atoms with Crippen molar-refractivity contribution in [2.24, 2.45) is 11.7 Å². The molecule has 0 bridgehead atoms. The second-order valence-corrected chi connectivity index (χ2v) is 7.26. The molecule has 3 rings (SSSR count). The molecule has 1 atom stereocenters. The first-order chi connectivity index (χ1) is 11.6. The smallest absolute Gasteiger partial charge is 0.226 e. The number of ether oxygens (including phenoxy) is 1. The van der Waals surface area contributed by atoms with Crippen molar-refractivity contribution in [3.63, 3.8) is 0 Å².